The van der Waals surface area contributed by atoms with Crippen LogP contribution in [0.4, 0.5) is 0 Å². The van der Waals surface area contributed by atoms with Crippen LogP contribution in [-0.4, -0.2) is 32.7 Å². The molecule has 1 rings (SSSR count). The van der Waals surface area contributed by atoms with Crippen LogP contribution >= 0.6 is 0 Å². The molecule has 0 spiro atoms. The average molecular weight is 166 g/mol. The van der Waals surface area contributed by atoms with Crippen molar-refractivity contribution in [3.05, 3.63) is 5.44 Å². The van der Waals surface area contributed by atoms with Gasteiger partial charge in [0.1, 0.15) is 0 Å². The van der Waals surface area contributed by atoms with E-state index in [1.807, 2.05) is 0 Å². The Bertz CT molecular complexity index is 193. The van der Waals surface area contributed by atoms with Gasteiger partial charge in [0, 0.05) is 13.1 Å². The fourth-order valence-corrected chi connectivity index (χ4v) is 1.16. The summed E-state index contributed by atoms with van der Waals surface area (Å²) in [5.41, 5.74) is -0.293. The van der Waals surface area contributed by atoms with E-state index in [4.69, 9.17) is 4.55 Å². The predicted molar refractivity (Wildman–Crippen MR) is 33.6 cm³/mol. The Hall–Kier alpha value is -0.170. The molecule has 0 saturated carbocycles. The molecule has 0 aromatic carbocycles. The molecular formula is C4H8NO4S. The minimum Gasteiger partial charge on any atom is -0.351 e. The van der Waals surface area contributed by atoms with E-state index in [0.717, 1.165) is 0 Å². The van der Waals surface area contributed by atoms with Crippen LogP contribution in [0, 0.1) is 5.44 Å². The van der Waals surface area contributed by atoms with Gasteiger partial charge in [-0.15, -0.1) is 0 Å². The fourth-order valence-electron chi connectivity index (χ4n) is 0.644. The highest BCUT2D eigenvalue weighted by Gasteiger charge is 2.27. The second-order valence-electron chi connectivity index (χ2n) is 1.87. The maximum atomic E-state index is 10.3. The number of hydrogen-bond donors (Lipinski definition) is 2. The maximum Gasteiger partial charge on any atom is 0.300 e. The molecule has 1 aliphatic rings. The molecule has 1 fully saturated rings. The summed E-state index contributed by atoms with van der Waals surface area (Å²) >= 11 is 0. The van der Waals surface area contributed by atoms with E-state index in [9.17, 15) is 8.42 Å². The summed E-state index contributed by atoms with van der Waals surface area (Å²) in [6, 6.07) is 0. The van der Waals surface area contributed by atoms with E-state index < -0.39 is 10.1 Å². The van der Waals surface area contributed by atoms with E-state index in [1.54, 1.807) is 0 Å². The van der Waals surface area contributed by atoms with E-state index in [1.165, 1.54) is 0 Å². The van der Waals surface area contributed by atoms with Crippen molar-refractivity contribution in [2.75, 3.05) is 19.7 Å². The van der Waals surface area contributed by atoms with Gasteiger partial charge < -0.3 is 10.1 Å². The fraction of sp³-hybridized carbons (Fsp3) is 0.750. The molecule has 2 N–H and O–H groups in total. The lowest BCUT2D eigenvalue weighted by Crippen LogP contribution is -2.37. The minimum absolute atomic E-state index is 0.0822. The van der Waals surface area contributed by atoms with Crippen LogP contribution in [0.15, 0.2) is 0 Å². The Morgan fingerprint density at radius 1 is 1.60 bits per heavy atom. The summed E-state index contributed by atoms with van der Waals surface area (Å²) in [6.07, 6.45) is 0. The topological polar surface area (TPSA) is 75.6 Å². The molecule has 0 atom stereocenters. The summed E-state index contributed by atoms with van der Waals surface area (Å²) < 4.78 is 33.8. The normalized spacial score (nSPS) is 22.9. The van der Waals surface area contributed by atoms with Gasteiger partial charge in [0.15, 0.2) is 0 Å². The van der Waals surface area contributed by atoms with Crippen molar-refractivity contribution in [1.29, 1.82) is 0 Å². The van der Waals surface area contributed by atoms with Crippen molar-refractivity contribution in [3.63, 3.8) is 0 Å². The smallest absolute Gasteiger partial charge is 0.300 e. The Kier molecular flexibility index (Phi) is 2.24. The first-order valence-electron chi connectivity index (χ1n) is 2.77. The molecule has 1 aliphatic heterocycles. The van der Waals surface area contributed by atoms with Gasteiger partial charge >= 0.3 is 10.1 Å². The molecule has 1 heterocycles. The molecule has 0 aliphatic carbocycles. The first-order valence-corrected chi connectivity index (χ1v) is 4.21. The first-order chi connectivity index (χ1) is 4.61. The molecule has 5 nitrogen and oxygen atoms in total. The predicted octanol–water partition coefficient (Wildman–Crippen LogP) is -1.02. The summed E-state index contributed by atoms with van der Waals surface area (Å²) in [6.45, 7) is 0.979. The third kappa shape index (κ3) is 1.91. The Balaban J connectivity index is 2.56. The van der Waals surface area contributed by atoms with Crippen LogP contribution in [-0.2, 0) is 14.9 Å². The van der Waals surface area contributed by atoms with Crippen molar-refractivity contribution < 1.29 is 17.7 Å². The van der Waals surface area contributed by atoms with E-state index in [2.05, 4.69) is 10.1 Å². The highest BCUT2D eigenvalue weighted by molar-refractivity contribution is 7.88. The number of ether oxygens (including phenoxy) is 1. The van der Waals surface area contributed by atoms with Crippen LogP contribution in [0.2, 0.25) is 0 Å². The SMILES string of the molecule is O=S(=O)(O)[C]1CNCCO1. The molecule has 6 heteroatoms. The van der Waals surface area contributed by atoms with Gasteiger partial charge in [0.05, 0.1) is 6.61 Å². The summed E-state index contributed by atoms with van der Waals surface area (Å²) in [7, 11) is -4.09. The minimum atomic E-state index is -4.09. The maximum absolute atomic E-state index is 10.3. The van der Waals surface area contributed by atoms with Crippen molar-refractivity contribution in [3.8, 4) is 0 Å². The number of hydrogen-bond acceptors (Lipinski definition) is 4. The molecule has 0 aromatic heterocycles. The monoisotopic (exact) mass is 166 g/mol. The lowest BCUT2D eigenvalue weighted by atomic mass is 10.5. The average Bonchev–Trinajstić information content (AvgIpc) is 1.88. The molecule has 10 heavy (non-hydrogen) atoms. The zero-order valence-corrected chi connectivity index (χ0v) is 6.02. The first kappa shape index (κ1) is 7.93. The molecule has 1 radical (unpaired) electrons. The quantitative estimate of drug-likeness (QED) is 0.488. The van der Waals surface area contributed by atoms with Crippen molar-refractivity contribution in [1.82, 2.24) is 5.32 Å². The van der Waals surface area contributed by atoms with Gasteiger partial charge in [-0.25, -0.2) is 0 Å². The third-order valence-electron chi connectivity index (χ3n) is 1.10. The van der Waals surface area contributed by atoms with Crippen LogP contribution in [0.3, 0.4) is 0 Å². The summed E-state index contributed by atoms with van der Waals surface area (Å²) in [4.78, 5) is 0. The second-order valence-corrected chi connectivity index (χ2v) is 3.28. The zero-order valence-electron chi connectivity index (χ0n) is 5.20. The largest absolute Gasteiger partial charge is 0.351 e. The Morgan fingerprint density at radius 3 is 2.60 bits per heavy atom. The third-order valence-corrected chi connectivity index (χ3v) is 1.94. The second kappa shape index (κ2) is 2.83. The van der Waals surface area contributed by atoms with Crippen molar-refractivity contribution >= 4 is 10.1 Å². The van der Waals surface area contributed by atoms with Gasteiger partial charge in [-0.3, -0.25) is 4.55 Å². The van der Waals surface area contributed by atoms with Crippen molar-refractivity contribution in [2.45, 2.75) is 0 Å². The van der Waals surface area contributed by atoms with Crippen LogP contribution in [0.5, 0.6) is 0 Å². The number of rotatable bonds is 1. The molecule has 1 saturated heterocycles. The molecular weight excluding hydrogens is 158 g/mol. The summed E-state index contributed by atoms with van der Waals surface area (Å²) in [5, 5.41) is 2.74. The van der Waals surface area contributed by atoms with Gasteiger partial charge in [-0.2, -0.15) is 8.42 Å². The van der Waals surface area contributed by atoms with E-state index >= 15 is 0 Å². The Morgan fingerprint density at radius 2 is 2.30 bits per heavy atom. The number of nitrogens with one attached hydrogen (secondary N) is 1. The van der Waals surface area contributed by atoms with E-state index in [-0.39, 0.29) is 18.6 Å². The van der Waals surface area contributed by atoms with Crippen LogP contribution in [0.25, 0.3) is 0 Å². The molecule has 59 valence electrons. The van der Waals surface area contributed by atoms with E-state index in [0.29, 0.717) is 6.54 Å². The lowest BCUT2D eigenvalue weighted by molar-refractivity contribution is 0.141. The standard InChI is InChI=1S/C4H8NO4S/c6-10(7,8)4-3-5-1-2-9-4/h5H,1-3H2,(H,6,7,8). The van der Waals surface area contributed by atoms with Crippen LogP contribution < -0.4 is 5.32 Å². The van der Waals surface area contributed by atoms with Crippen molar-refractivity contribution in [2.24, 2.45) is 0 Å². The lowest BCUT2D eigenvalue weighted by Gasteiger charge is -2.18. The molecule has 0 unspecified atom stereocenters. The molecule has 0 aromatic rings. The molecule has 0 amide bonds. The molecule has 0 bridgehead atoms. The van der Waals surface area contributed by atoms with Crippen LogP contribution in [0.1, 0.15) is 0 Å². The zero-order chi connectivity index (χ0) is 7.61. The van der Waals surface area contributed by atoms with Gasteiger partial charge in [0.25, 0.3) is 5.44 Å². The summed E-state index contributed by atoms with van der Waals surface area (Å²) in [5.74, 6) is 0. The highest BCUT2D eigenvalue weighted by atomic mass is 32.2. The number of morpholine rings is 1. The van der Waals surface area contributed by atoms with Gasteiger partial charge in [0.2, 0.25) is 0 Å². The van der Waals surface area contributed by atoms with Gasteiger partial charge in [-0.05, 0) is 0 Å². The van der Waals surface area contributed by atoms with Gasteiger partial charge in [-0.1, -0.05) is 0 Å². The Labute approximate surface area is 59.1 Å². The highest BCUT2D eigenvalue weighted by Crippen LogP contribution is 2.10.